The molecule has 2 rings (SSSR count). The van der Waals surface area contributed by atoms with Gasteiger partial charge in [0.25, 0.3) is 0 Å². The van der Waals surface area contributed by atoms with Crippen LogP contribution in [0.15, 0.2) is 0 Å². The van der Waals surface area contributed by atoms with Gasteiger partial charge in [-0.3, -0.25) is 4.79 Å². The van der Waals surface area contributed by atoms with Crippen LogP contribution in [-0.2, 0) is 18.4 Å². The first kappa shape index (κ1) is 11.0. The summed E-state index contributed by atoms with van der Waals surface area (Å²) in [6.07, 6.45) is 0. The van der Waals surface area contributed by atoms with Gasteiger partial charge in [-0.1, -0.05) is 0 Å². The number of hydrogen-bond donors (Lipinski definition) is 1. The van der Waals surface area contributed by atoms with Gasteiger partial charge >= 0.3 is 0 Å². The first-order valence-electron chi connectivity index (χ1n) is 5.26. The molecule has 7 nitrogen and oxygen atoms in total. The molecule has 2 heterocycles. The van der Waals surface area contributed by atoms with Gasteiger partial charge in [0.15, 0.2) is 5.82 Å². The summed E-state index contributed by atoms with van der Waals surface area (Å²) in [6.45, 7) is 5.66. The lowest BCUT2D eigenvalue weighted by atomic mass is 10.0. The van der Waals surface area contributed by atoms with Crippen LogP contribution in [0.1, 0.15) is 19.7 Å². The Balaban J connectivity index is 2.07. The van der Waals surface area contributed by atoms with Crippen molar-refractivity contribution in [2.45, 2.75) is 25.9 Å². The summed E-state index contributed by atoms with van der Waals surface area (Å²) in [6, 6.07) is 0. The molecule has 1 fully saturated rings. The summed E-state index contributed by atoms with van der Waals surface area (Å²) >= 11 is 0. The van der Waals surface area contributed by atoms with Gasteiger partial charge in [-0.25, -0.2) is 0 Å². The molecule has 1 aromatic rings. The number of aromatic nitrogens is 4. The molecule has 1 aliphatic heterocycles. The molecule has 1 aliphatic rings. The van der Waals surface area contributed by atoms with E-state index in [1.54, 1.807) is 11.9 Å². The lowest BCUT2D eigenvalue weighted by Gasteiger charge is -2.37. The van der Waals surface area contributed by atoms with E-state index in [9.17, 15) is 4.79 Å². The SMILES string of the molecule is Cn1nnc(CN2CCNC(C)(C)C2=O)n1. The lowest BCUT2D eigenvalue weighted by Crippen LogP contribution is -2.60. The van der Waals surface area contributed by atoms with E-state index >= 15 is 0 Å². The number of piperazine rings is 1. The van der Waals surface area contributed by atoms with Gasteiger partial charge in [0.05, 0.1) is 19.1 Å². The van der Waals surface area contributed by atoms with Crippen molar-refractivity contribution in [2.24, 2.45) is 7.05 Å². The molecule has 0 spiro atoms. The van der Waals surface area contributed by atoms with Crippen molar-refractivity contribution in [3.05, 3.63) is 5.82 Å². The van der Waals surface area contributed by atoms with Crippen molar-refractivity contribution in [3.63, 3.8) is 0 Å². The van der Waals surface area contributed by atoms with Gasteiger partial charge in [-0.05, 0) is 19.1 Å². The zero-order chi connectivity index (χ0) is 11.8. The van der Waals surface area contributed by atoms with Gasteiger partial charge in [0, 0.05) is 13.1 Å². The molecule has 1 aromatic heterocycles. The topological polar surface area (TPSA) is 75.9 Å². The van der Waals surface area contributed by atoms with E-state index in [0.29, 0.717) is 18.9 Å². The Hall–Kier alpha value is -1.50. The standard InChI is InChI=1S/C9H16N6O/c1-9(2)8(16)15(5-4-10-9)6-7-11-13-14(3)12-7/h10H,4-6H2,1-3H3. The van der Waals surface area contributed by atoms with E-state index in [-0.39, 0.29) is 5.91 Å². The third kappa shape index (κ3) is 2.04. The first-order valence-corrected chi connectivity index (χ1v) is 5.26. The van der Waals surface area contributed by atoms with E-state index in [0.717, 1.165) is 6.54 Å². The molecule has 0 unspecified atom stereocenters. The van der Waals surface area contributed by atoms with Crippen LogP contribution >= 0.6 is 0 Å². The maximum absolute atomic E-state index is 12.0. The highest BCUT2D eigenvalue weighted by molar-refractivity contribution is 5.86. The third-order valence-corrected chi connectivity index (χ3v) is 2.65. The Morgan fingerprint density at radius 3 is 2.88 bits per heavy atom. The molecule has 0 atom stereocenters. The second kappa shape index (κ2) is 3.82. The van der Waals surface area contributed by atoms with E-state index in [4.69, 9.17) is 0 Å². The minimum atomic E-state index is -0.500. The Kier molecular flexibility index (Phi) is 2.63. The number of nitrogens with one attached hydrogen (secondary N) is 1. The first-order chi connectivity index (χ1) is 7.49. The average Bonchev–Trinajstić information content (AvgIpc) is 2.59. The van der Waals surface area contributed by atoms with Crippen LogP contribution in [0, 0.1) is 0 Å². The molecular formula is C9H16N6O. The number of rotatable bonds is 2. The van der Waals surface area contributed by atoms with E-state index in [1.807, 2.05) is 13.8 Å². The van der Waals surface area contributed by atoms with Crippen molar-refractivity contribution >= 4 is 5.91 Å². The van der Waals surface area contributed by atoms with Gasteiger partial charge < -0.3 is 10.2 Å². The van der Waals surface area contributed by atoms with E-state index in [1.165, 1.54) is 4.80 Å². The summed E-state index contributed by atoms with van der Waals surface area (Å²) in [5.41, 5.74) is -0.500. The van der Waals surface area contributed by atoms with Crippen LogP contribution in [-0.4, -0.2) is 49.6 Å². The number of aryl methyl sites for hydroxylation is 1. The van der Waals surface area contributed by atoms with Crippen LogP contribution in [0.4, 0.5) is 0 Å². The molecule has 7 heteroatoms. The van der Waals surface area contributed by atoms with E-state index < -0.39 is 5.54 Å². The molecule has 0 bridgehead atoms. The van der Waals surface area contributed by atoms with Gasteiger partial charge in [0.2, 0.25) is 5.91 Å². The van der Waals surface area contributed by atoms with Crippen LogP contribution in [0.3, 0.4) is 0 Å². The maximum Gasteiger partial charge on any atom is 0.242 e. The summed E-state index contributed by atoms with van der Waals surface area (Å²) < 4.78 is 0. The van der Waals surface area contributed by atoms with Crippen LogP contribution in [0.2, 0.25) is 0 Å². The Morgan fingerprint density at radius 2 is 2.25 bits per heavy atom. The van der Waals surface area contributed by atoms with Gasteiger partial charge in [-0.15, -0.1) is 10.2 Å². The number of amides is 1. The molecule has 0 radical (unpaired) electrons. The number of carbonyl (C=O) groups excluding carboxylic acids is 1. The number of tetrazole rings is 1. The predicted molar refractivity (Wildman–Crippen MR) is 56.3 cm³/mol. The third-order valence-electron chi connectivity index (χ3n) is 2.65. The van der Waals surface area contributed by atoms with Crippen molar-refractivity contribution in [1.82, 2.24) is 30.4 Å². The van der Waals surface area contributed by atoms with Crippen LogP contribution < -0.4 is 5.32 Å². The molecule has 16 heavy (non-hydrogen) atoms. The predicted octanol–water partition coefficient (Wildman–Crippen LogP) is -1.08. The summed E-state index contributed by atoms with van der Waals surface area (Å²) in [5, 5.41) is 14.9. The summed E-state index contributed by atoms with van der Waals surface area (Å²) in [7, 11) is 1.71. The van der Waals surface area contributed by atoms with Gasteiger partial charge in [-0.2, -0.15) is 4.80 Å². The van der Waals surface area contributed by atoms with Crippen molar-refractivity contribution in [3.8, 4) is 0 Å². The second-order valence-electron chi connectivity index (χ2n) is 4.47. The molecule has 1 N–H and O–H groups in total. The molecule has 88 valence electrons. The highest BCUT2D eigenvalue weighted by Gasteiger charge is 2.35. The molecule has 0 aliphatic carbocycles. The lowest BCUT2D eigenvalue weighted by molar-refractivity contribution is -0.140. The fraction of sp³-hybridized carbons (Fsp3) is 0.778. The number of carbonyl (C=O) groups is 1. The maximum atomic E-state index is 12.0. The molecule has 1 saturated heterocycles. The second-order valence-corrected chi connectivity index (χ2v) is 4.47. The van der Waals surface area contributed by atoms with Crippen molar-refractivity contribution < 1.29 is 4.79 Å². The minimum Gasteiger partial charge on any atom is -0.332 e. The summed E-state index contributed by atoms with van der Waals surface area (Å²) in [4.78, 5) is 15.2. The van der Waals surface area contributed by atoms with Crippen molar-refractivity contribution in [1.29, 1.82) is 0 Å². The smallest absolute Gasteiger partial charge is 0.242 e. The highest BCUT2D eigenvalue weighted by atomic mass is 16.2. The summed E-state index contributed by atoms with van der Waals surface area (Å²) in [5.74, 6) is 0.653. The largest absolute Gasteiger partial charge is 0.332 e. The Bertz CT molecular complexity index is 398. The molecular weight excluding hydrogens is 208 g/mol. The fourth-order valence-corrected chi connectivity index (χ4v) is 1.78. The number of hydrogen-bond acceptors (Lipinski definition) is 5. The average molecular weight is 224 g/mol. The van der Waals surface area contributed by atoms with Crippen LogP contribution in [0.25, 0.3) is 0 Å². The zero-order valence-electron chi connectivity index (χ0n) is 9.77. The molecule has 1 amide bonds. The molecule has 0 saturated carbocycles. The minimum absolute atomic E-state index is 0.0752. The van der Waals surface area contributed by atoms with Crippen molar-refractivity contribution in [2.75, 3.05) is 13.1 Å². The normalized spacial score (nSPS) is 20.2. The zero-order valence-corrected chi connectivity index (χ0v) is 9.77. The molecule has 0 aromatic carbocycles. The van der Waals surface area contributed by atoms with Crippen LogP contribution in [0.5, 0.6) is 0 Å². The van der Waals surface area contributed by atoms with E-state index in [2.05, 4.69) is 20.7 Å². The number of nitrogens with zero attached hydrogens (tertiary/aromatic N) is 5. The Morgan fingerprint density at radius 1 is 1.50 bits per heavy atom. The van der Waals surface area contributed by atoms with Gasteiger partial charge in [0.1, 0.15) is 0 Å². The fourth-order valence-electron chi connectivity index (χ4n) is 1.78. The highest BCUT2D eigenvalue weighted by Crippen LogP contribution is 2.13. The Labute approximate surface area is 93.8 Å². The monoisotopic (exact) mass is 224 g/mol. The quantitative estimate of drug-likeness (QED) is 0.691.